The summed E-state index contributed by atoms with van der Waals surface area (Å²) in [6.45, 7) is 9.60. The van der Waals surface area contributed by atoms with Crippen LogP contribution < -0.4 is 35.5 Å². The average Bonchev–Trinajstić information content (AvgIpc) is 2.92. The Hall–Kier alpha value is -3.18. The third-order valence-corrected chi connectivity index (χ3v) is 6.30. The summed E-state index contributed by atoms with van der Waals surface area (Å²) in [5.41, 5.74) is 1.66. The lowest BCUT2D eigenvalue weighted by Gasteiger charge is -2.23. The first-order chi connectivity index (χ1) is 18.3. The molecule has 0 radical (unpaired) electrons. The van der Waals surface area contributed by atoms with Crippen molar-refractivity contribution in [2.45, 2.75) is 6.42 Å². The Morgan fingerprint density at radius 1 is 0.865 bits per heavy atom. The van der Waals surface area contributed by atoms with Crippen LogP contribution in [0.15, 0.2) is 42.7 Å². The Labute approximate surface area is 219 Å². The molecule has 4 rings (SSSR count). The Morgan fingerprint density at radius 3 is 2.35 bits per heavy atom. The number of benzene rings is 2. The molecule has 10 nitrogen and oxygen atoms in total. The van der Waals surface area contributed by atoms with Gasteiger partial charge in [-0.3, -0.25) is 0 Å². The van der Waals surface area contributed by atoms with E-state index in [4.69, 9.17) is 14.2 Å². The van der Waals surface area contributed by atoms with Gasteiger partial charge in [0.15, 0.2) is 11.5 Å². The van der Waals surface area contributed by atoms with Gasteiger partial charge in [0.05, 0.1) is 26.3 Å². The van der Waals surface area contributed by atoms with Gasteiger partial charge in [-0.25, -0.2) is 9.97 Å². The zero-order valence-corrected chi connectivity index (χ0v) is 21.9. The first kappa shape index (κ1) is 26.9. The number of methoxy groups -OCH3 is 2. The molecule has 3 aromatic rings. The molecule has 0 amide bonds. The molecule has 200 valence electrons. The predicted octanol–water partition coefficient (Wildman–Crippen LogP) is 2.24. The van der Waals surface area contributed by atoms with Gasteiger partial charge in [-0.1, -0.05) is 6.07 Å². The standard InChI is InChI=1S/C27H39N7O3/c1-35-22-6-3-5-21(17-22)33-27-23-18-26(25(36-2)19-24(23)31-20-32-27)37-16-4-13-34-14-11-29-9-7-28-8-10-30-12-15-34/h3,5-6,17-20,28-30H,4,7-16H2,1-2H3,(H,31,32,33). The van der Waals surface area contributed by atoms with Crippen LogP contribution in [0, 0.1) is 0 Å². The summed E-state index contributed by atoms with van der Waals surface area (Å²) in [6.07, 6.45) is 2.46. The SMILES string of the molecule is COc1cccc(Nc2ncnc3cc(OC)c(OCCCN4CCNCCNCCNCC4)cc23)c1. The summed E-state index contributed by atoms with van der Waals surface area (Å²) < 4.78 is 17.2. The Bertz CT molecular complexity index is 1100. The highest BCUT2D eigenvalue weighted by Gasteiger charge is 2.13. The molecule has 0 unspecified atom stereocenters. The number of aromatic nitrogens is 2. The van der Waals surface area contributed by atoms with Crippen LogP contribution in [0.2, 0.25) is 0 Å². The van der Waals surface area contributed by atoms with Crippen molar-refractivity contribution in [2.24, 2.45) is 0 Å². The maximum Gasteiger partial charge on any atom is 0.162 e. The van der Waals surface area contributed by atoms with Crippen LogP contribution in [-0.4, -0.2) is 94.6 Å². The van der Waals surface area contributed by atoms with Crippen LogP contribution in [0.1, 0.15) is 6.42 Å². The topological polar surface area (TPSA) is 105 Å². The van der Waals surface area contributed by atoms with Crippen LogP contribution in [0.5, 0.6) is 17.2 Å². The smallest absolute Gasteiger partial charge is 0.162 e. The molecule has 0 saturated carbocycles. The monoisotopic (exact) mass is 509 g/mol. The van der Waals surface area contributed by atoms with Gasteiger partial charge < -0.3 is 40.4 Å². The van der Waals surface area contributed by atoms with Gasteiger partial charge in [0, 0.05) is 82.1 Å². The summed E-state index contributed by atoms with van der Waals surface area (Å²) in [6, 6.07) is 11.6. The maximum absolute atomic E-state index is 6.21. The van der Waals surface area contributed by atoms with Gasteiger partial charge in [0.1, 0.15) is 17.9 Å². The van der Waals surface area contributed by atoms with Crippen molar-refractivity contribution in [1.29, 1.82) is 0 Å². The van der Waals surface area contributed by atoms with E-state index in [2.05, 4.69) is 36.1 Å². The molecular weight excluding hydrogens is 470 g/mol. The summed E-state index contributed by atoms with van der Waals surface area (Å²) >= 11 is 0. The van der Waals surface area contributed by atoms with Crippen molar-refractivity contribution in [3.8, 4) is 17.2 Å². The third-order valence-electron chi connectivity index (χ3n) is 6.30. The second kappa shape index (κ2) is 14.5. The molecule has 1 saturated heterocycles. The van der Waals surface area contributed by atoms with Crippen molar-refractivity contribution in [3.63, 3.8) is 0 Å². The summed E-state index contributed by atoms with van der Waals surface area (Å²) in [5.74, 6) is 2.81. The zero-order valence-electron chi connectivity index (χ0n) is 21.9. The maximum atomic E-state index is 6.21. The first-order valence-electron chi connectivity index (χ1n) is 13.0. The van der Waals surface area contributed by atoms with Gasteiger partial charge >= 0.3 is 0 Å². The summed E-state index contributed by atoms with van der Waals surface area (Å²) in [7, 11) is 3.30. The van der Waals surface area contributed by atoms with Crippen molar-refractivity contribution in [2.75, 3.05) is 85.0 Å². The molecule has 2 aromatic carbocycles. The number of nitrogens with one attached hydrogen (secondary N) is 4. The van der Waals surface area contributed by atoms with Crippen LogP contribution in [0.25, 0.3) is 10.9 Å². The quantitative estimate of drug-likeness (QED) is 0.321. The number of hydrogen-bond donors (Lipinski definition) is 4. The minimum Gasteiger partial charge on any atom is -0.497 e. The molecule has 1 aromatic heterocycles. The first-order valence-corrected chi connectivity index (χ1v) is 13.0. The average molecular weight is 510 g/mol. The minimum absolute atomic E-state index is 0.593. The van der Waals surface area contributed by atoms with Gasteiger partial charge in [0.2, 0.25) is 0 Å². The summed E-state index contributed by atoms with van der Waals surface area (Å²) in [5, 5.41) is 14.7. The van der Waals surface area contributed by atoms with E-state index in [-0.39, 0.29) is 0 Å². The van der Waals surface area contributed by atoms with Crippen LogP contribution >= 0.6 is 0 Å². The molecule has 0 aliphatic carbocycles. The molecule has 1 fully saturated rings. The van der Waals surface area contributed by atoms with Crippen LogP contribution in [-0.2, 0) is 0 Å². The molecular formula is C27H39N7O3. The van der Waals surface area contributed by atoms with Crippen molar-refractivity contribution < 1.29 is 14.2 Å². The normalized spacial score (nSPS) is 15.9. The third kappa shape index (κ3) is 8.16. The van der Waals surface area contributed by atoms with Crippen molar-refractivity contribution in [1.82, 2.24) is 30.8 Å². The molecule has 0 bridgehead atoms. The van der Waals surface area contributed by atoms with E-state index >= 15 is 0 Å². The summed E-state index contributed by atoms with van der Waals surface area (Å²) in [4.78, 5) is 11.4. The molecule has 0 atom stereocenters. The van der Waals surface area contributed by atoms with E-state index in [1.807, 2.05) is 36.4 Å². The Morgan fingerprint density at radius 2 is 1.62 bits per heavy atom. The van der Waals surface area contributed by atoms with Gasteiger partial charge in [-0.05, 0) is 24.6 Å². The lowest BCUT2D eigenvalue weighted by Crippen LogP contribution is -2.42. The fourth-order valence-electron chi connectivity index (χ4n) is 4.28. The zero-order chi connectivity index (χ0) is 25.7. The van der Waals surface area contributed by atoms with Gasteiger partial charge in [-0.2, -0.15) is 0 Å². The van der Waals surface area contributed by atoms with E-state index in [0.717, 1.165) is 87.7 Å². The van der Waals surface area contributed by atoms with E-state index in [1.165, 1.54) is 0 Å². The highest BCUT2D eigenvalue weighted by atomic mass is 16.5. The number of hydrogen-bond acceptors (Lipinski definition) is 10. The highest BCUT2D eigenvalue weighted by molar-refractivity contribution is 5.93. The lowest BCUT2D eigenvalue weighted by atomic mass is 10.2. The highest BCUT2D eigenvalue weighted by Crippen LogP contribution is 2.35. The van der Waals surface area contributed by atoms with Crippen LogP contribution in [0.4, 0.5) is 11.5 Å². The van der Waals surface area contributed by atoms with Gasteiger partial charge in [-0.15, -0.1) is 0 Å². The number of ether oxygens (including phenoxy) is 3. The fraction of sp³-hybridized carbons (Fsp3) is 0.481. The largest absolute Gasteiger partial charge is 0.497 e. The van der Waals surface area contributed by atoms with Crippen LogP contribution in [0.3, 0.4) is 0 Å². The molecule has 2 heterocycles. The van der Waals surface area contributed by atoms with E-state index < -0.39 is 0 Å². The van der Waals surface area contributed by atoms with E-state index in [9.17, 15) is 0 Å². The number of anilines is 2. The Balaban J connectivity index is 1.39. The second-order valence-electron chi connectivity index (χ2n) is 8.89. The number of nitrogens with zero attached hydrogens (tertiary/aromatic N) is 3. The number of fused-ring (bicyclic) bond motifs is 1. The second-order valence-corrected chi connectivity index (χ2v) is 8.89. The van der Waals surface area contributed by atoms with Gasteiger partial charge in [0.25, 0.3) is 0 Å². The van der Waals surface area contributed by atoms with E-state index in [1.54, 1.807) is 20.5 Å². The molecule has 1 aliphatic rings. The molecule has 1 aliphatic heterocycles. The number of rotatable bonds is 9. The predicted molar refractivity (Wildman–Crippen MR) is 148 cm³/mol. The van der Waals surface area contributed by atoms with Crippen molar-refractivity contribution in [3.05, 3.63) is 42.7 Å². The molecule has 10 heteroatoms. The fourth-order valence-corrected chi connectivity index (χ4v) is 4.28. The Kier molecular flexibility index (Phi) is 10.6. The molecule has 37 heavy (non-hydrogen) atoms. The molecule has 0 spiro atoms. The van der Waals surface area contributed by atoms with Crippen molar-refractivity contribution >= 4 is 22.4 Å². The lowest BCUT2D eigenvalue weighted by molar-refractivity contribution is 0.229. The molecule has 4 N–H and O–H groups in total. The van der Waals surface area contributed by atoms with E-state index in [0.29, 0.717) is 23.9 Å². The minimum atomic E-state index is 0.593.